The van der Waals surface area contributed by atoms with E-state index in [1.54, 1.807) is 0 Å². The topological polar surface area (TPSA) is 90.2 Å². The van der Waals surface area contributed by atoms with E-state index >= 15 is 0 Å². The minimum absolute atomic E-state index is 0.0353. The first-order valence-corrected chi connectivity index (χ1v) is 3.58. The first-order valence-electron chi connectivity index (χ1n) is 3.58. The maximum atomic E-state index is 9.19. The van der Waals surface area contributed by atoms with Crippen molar-refractivity contribution in [2.24, 2.45) is 0 Å². The van der Waals surface area contributed by atoms with Gasteiger partial charge in [0.05, 0.1) is 6.61 Å². The highest BCUT2D eigenvalue weighted by Crippen LogP contribution is 2.21. The fourth-order valence-electron chi connectivity index (χ4n) is 1.08. The van der Waals surface area contributed by atoms with Gasteiger partial charge in [-0.2, -0.15) is 0 Å². The van der Waals surface area contributed by atoms with Gasteiger partial charge in [0.15, 0.2) is 0 Å². The van der Waals surface area contributed by atoms with Gasteiger partial charge in [-0.1, -0.05) is 6.58 Å². The Morgan fingerprint density at radius 3 is 2.33 bits per heavy atom. The predicted molar refractivity (Wildman–Crippen MR) is 39.1 cm³/mol. The molecule has 70 valence electrons. The summed E-state index contributed by atoms with van der Waals surface area (Å²) >= 11 is 0. The summed E-state index contributed by atoms with van der Waals surface area (Å²) < 4.78 is 4.83. The Hall–Kier alpha value is -0.620. The summed E-state index contributed by atoms with van der Waals surface area (Å²) in [4.78, 5) is 0. The number of hydrogen-bond acceptors (Lipinski definition) is 5. The van der Waals surface area contributed by atoms with Crippen molar-refractivity contribution >= 4 is 0 Å². The maximum absolute atomic E-state index is 9.19. The van der Waals surface area contributed by atoms with E-state index in [1.165, 1.54) is 0 Å². The second kappa shape index (κ2) is 3.40. The van der Waals surface area contributed by atoms with Crippen LogP contribution in [0.2, 0.25) is 0 Å². The Bertz CT molecular complexity index is 179. The van der Waals surface area contributed by atoms with Crippen LogP contribution in [0.3, 0.4) is 0 Å². The van der Waals surface area contributed by atoms with Crippen LogP contribution in [-0.2, 0) is 4.74 Å². The van der Waals surface area contributed by atoms with Crippen molar-refractivity contribution in [2.75, 3.05) is 6.61 Å². The number of aliphatic hydroxyl groups excluding tert-OH is 4. The molecular formula is C7H12O5. The summed E-state index contributed by atoms with van der Waals surface area (Å²) in [6, 6.07) is 0. The lowest BCUT2D eigenvalue weighted by molar-refractivity contribution is -0.164. The van der Waals surface area contributed by atoms with Gasteiger partial charge in [-0.05, 0) is 0 Å². The molecule has 1 saturated heterocycles. The third kappa shape index (κ3) is 1.44. The molecule has 0 aromatic rings. The van der Waals surface area contributed by atoms with Gasteiger partial charge in [0.1, 0.15) is 30.2 Å². The summed E-state index contributed by atoms with van der Waals surface area (Å²) in [5, 5.41) is 36.1. The second-order valence-electron chi connectivity index (χ2n) is 2.73. The van der Waals surface area contributed by atoms with Crippen molar-refractivity contribution in [3.8, 4) is 0 Å². The molecule has 1 heterocycles. The molecule has 1 rings (SSSR count). The van der Waals surface area contributed by atoms with Gasteiger partial charge >= 0.3 is 0 Å². The number of ether oxygens (including phenoxy) is 1. The normalized spacial score (nSPS) is 42.5. The van der Waals surface area contributed by atoms with E-state index in [9.17, 15) is 5.11 Å². The van der Waals surface area contributed by atoms with Crippen LogP contribution in [0.25, 0.3) is 0 Å². The van der Waals surface area contributed by atoms with Crippen LogP contribution in [0.15, 0.2) is 12.3 Å². The van der Waals surface area contributed by atoms with Gasteiger partial charge in [0.2, 0.25) is 0 Å². The van der Waals surface area contributed by atoms with E-state index < -0.39 is 31.0 Å². The van der Waals surface area contributed by atoms with Crippen LogP contribution in [0.1, 0.15) is 0 Å². The van der Waals surface area contributed by atoms with Crippen molar-refractivity contribution in [3.63, 3.8) is 0 Å². The van der Waals surface area contributed by atoms with Crippen LogP contribution in [0.4, 0.5) is 0 Å². The molecule has 1 aliphatic rings. The fraction of sp³-hybridized carbons (Fsp3) is 0.714. The number of rotatable bonds is 1. The third-order valence-electron chi connectivity index (χ3n) is 1.87. The minimum atomic E-state index is -1.34. The number of hydrogen-bond donors (Lipinski definition) is 4. The molecule has 3 unspecified atom stereocenters. The first kappa shape index (κ1) is 9.47. The lowest BCUT2D eigenvalue weighted by Crippen LogP contribution is -2.52. The summed E-state index contributed by atoms with van der Waals surface area (Å²) in [6.45, 7) is 2.90. The van der Waals surface area contributed by atoms with Crippen LogP contribution in [0, 0.1) is 0 Å². The summed E-state index contributed by atoms with van der Waals surface area (Å²) in [7, 11) is 0. The van der Waals surface area contributed by atoms with Crippen molar-refractivity contribution in [1.29, 1.82) is 0 Å². The van der Waals surface area contributed by atoms with Gasteiger partial charge < -0.3 is 25.2 Å². The zero-order valence-corrected chi connectivity index (χ0v) is 6.42. The van der Waals surface area contributed by atoms with E-state index in [4.69, 9.17) is 20.1 Å². The minimum Gasteiger partial charge on any atom is -0.487 e. The van der Waals surface area contributed by atoms with Crippen LogP contribution >= 0.6 is 0 Å². The predicted octanol–water partition coefficient (Wildman–Crippen LogP) is -2.03. The number of aliphatic hydroxyl groups is 4. The van der Waals surface area contributed by atoms with Gasteiger partial charge in [-0.25, -0.2) is 0 Å². The van der Waals surface area contributed by atoms with E-state index in [1.807, 2.05) is 0 Å². The average Bonchev–Trinajstić information content (AvgIpc) is 2.08. The summed E-state index contributed by atoms with van der Waals surface area (Å²) in [6.07, 6.45) is -4.82. The monoisotopic (exact) mass is 176 g/mol. The highest BCUT2D eigenvalue weighted by molar-refractivity contribution is 5.04. The highest BCUT2D eigenvalue weighted by atomic mass is 16.5. The van der Waals surface area contributed by atoms with Gasteiger partial charge in [-0.3, -0.25) is 0 Å². The standard InChI is InChI=1S/C7H12O5/c1-3-5(9)7(11)6(10)4(2-8)12-3/h4-11H,1-2H2/t4?,5?,6-,7?/m0/s1. The van der Waals surface area contributed by atoms with Crippen molar-refractivity contribution in [3.05, 3.63) is 12.3 Å². The van der Waals surface area contributed by atoms with Crippen molar-refractivity contribution in [1.82, 2.24) is 0 Å². The van der Waals surface area contributed by atoms with Crippen molar-refractivity contribution < 1.29 is 25.2 Å². The zero-order chi connectivity index (χ0) is 9.30. The average molecular weight is 176 g/mol. The van der Waals surface area contributed by atoms with Gasteiger partial charge in [0, 0.05) is 0 Å². The molecule has 0 spiro atoms. The van der Waals surface area contributed by atoms with E-state index in [0.717, 1.165) is 0 Å². The smallest absolute Gasteiger partial charge is 0.150 e. The summed E-state index contributed by atoms with van der Waals surface area (Å²) in [5.41, 5.74) is 0. The Labute approximate surface area is 69.5 Å². The quantitative estimate of drug-likeness (QED) is 0.370. The molecule has 0 aromatic carbocycles. The molecule has 0 bridgehead atoms. The Balaban J connectivity index is 2.70. The molecule has 0 aromatic heterocycles. The highest BCUT2D eigenvalue weighted by Gasteiger charge is 2.39. The molecule has 4 atom stereocenters. The van der Waals surface area contributed by atoms with Gasteiger partial charge in [-0.15, -0.1) is 0 Å². The van der Waals surface area contributed by atoms with E-state index in [2.05, 4.69) is 6.58 Å². The maximum Gasteiger partial charge on any atom is 0.150 e. The van der Waals surface area contributed by atoms with Crippen LogP contribution in [0.5, 0.6) is 0 Å². The molecule has 0 amide bonds. The Morgan fingerprint density at radius 2 is 1.83 bits per heavy atom. The van der Waals surface area contributed by atoms with Gasteiger partial charge in [0.25, 0.3) is 0 Å². The molecule has 4 N–H and O–H groups in total. The second-order valence-corrected chi connectivity index (χ2v) is 2.73. The first-order chi connectivity index (χ1) is 5.57. The van der Waals surface area contributed by atoms with Crippen molar-refractivity contribution in [2.45, 2.75) is 24.4 Å². The molecule has 0 radical (unpaired) electrons. The zero-order valence-electron chi connectivity index (χ0n) is 6.42. The van der Waals surface area contributed by atoms with Crippen LogP contribution in [-0.4, -0.2) is 51.4 Å². The lowest BCUT2D eigenvalue weighted by Gasteiger charge is -2.35. The van der Waals surface area contributed by atoms with E-state index in [-0.39, 0.29) is 5.76 Å². The molecule has 0 aliphatic carbocycles. The lowest BCUT2D eigenvalue weighted by atomic mass is 9.99. The summed E-state index contributed by atoms with van der Waals surface area (Å²) in [5.74, 6) is -0.0353. The molecule has 1 aliphatic heterocycles. The molecule has 5 nitrogen and oxygen atoms in total. The molecule has 0 saturated carbocycles. The Morgan fingerprint density at radius 1 is 1.25 bits per heavy atom. The fourth-order valence-corrected chi connectivity index (χ4v) is 1.08. The molecule has 1 fully saturated rings. The van der Waals surface area contributed by atoms with Crippen LogP contribution < -0.4 is 0 Å². The third-order valence-corrected chi connectivity index (χ3v) is 1.87. The van der Waals surface area contributed by atoms with E-state index in [0.29, 0.717) is 0 Å². The SMILES string of the molecule is C=C1OC(CO)[C@H](O)C(O)C1O. The Kier molecular flexibility index (Phi) is 2.69. The molecule has 12 heavy (non-hydrogen) atoms. The molecular weight excluding hydrogens is 164 g/mol. The molecule has 5 heteroatoms. The largest absolute Gasteiger partial charge is 0.487 e.